The maximum absolute atomic E-state index is 12.1. The van der Waals surface area contributed by atoms with Crippen molar-refractivity contribution in [3.63, 3.8) is 0 Å². The maximum Gasteiger partial charge on any atom is 0.222 e. The molecule has 124 valence electrons. The average Bonchev–Trinajstić information content (AvgIpc) is 2.83. The van der Waals surface area contributed by atoms with Gasteiger partial charge in [0.2, 0.25) is 5.91 Å². The summed E-state index contributed by atoms with van der Waals surface area (Å²) in [4.78, 5) is 12.9. The van der Waals surface area contributed by atoms with Crippen LogP contribution in [0.3, 0.4) is 0 Å². The zero-order chi connectivity index (χ0) is 17.0. The van der Waals surface area contributed by atoms with Crippen LogP contribution in [-0.2, 0) is 22.1 Å². The minimum absolute atomic E-state index is 0.00630. The molecule has 2 rings (SSSR count). The molecular weight excluding hydrogens is 310 g/mol. The van der Waals surface area contributed by atoms with Crippen molar-refractivity contribution in [1.82, 2.24) is 15.1 Å². The lowest BCUT2D eigenvalue weighted by atomic mass is 10.1. The highest BCUT2D eigenvalue weighted by atomic mass is 32.2. The minimum Gasteiger partial charge on any atom is -0.350 e. The van der Waals surface area contributed by atoms with Gasteiger partial charge in [-0.2, -0.15) is 5.10 Å². The lowest BCUT2D eigenvalue weighted by Gasteiger charge is -2.15. The van der Waals surface area contributed by atoms with Crippen molar-refractivity contribution < 1.29 is 9.00 Å². The molecule has 0 aliphatic heterocycles. The molecule has 0 saturated carbocycles. The molecule has 6 heteroatoms. The Balaban J connectivity index is 1.89. The Bertz CT molecular complexity index is 707. The van der Waals surface area contributed by atoms with E-state index in [0.717, 1.165) is 21.8 Å². The van der Waals surface area contributed by atoms with Crippen LogP contribution in [0.5, 0.6) is 0 Å². The van der Waals surface area contributed by atoms with Crippen LogP contribution in [0.1, 0.15) is 36.3 Å². The third-order valence-electron chi connectivity index (χ3n) is 3.74. The molecule has 5 nitrogen and oxygen atoms in total. The zero-order valence-corrected chi connectivity index (χ0v) is 14.8. The van der Waals surface area contributed by atoms with Crippen LogP contribution in [0.25, 0.3) is 0 Å². The highest BCUT2D eigenvalue weighted by Crippen LogP contribution is 2.15. The Hall–Kier alpha value is -1.95. The second-order valence-corrected chi connectivity index (χ2v) is 7.09. The maximum atomic E-state index is 12.1. The summed E-state index contributed by atoms with van der Waals surface area (Å²) in [5.74, 6) is -0.00630. The fourth-order valence-corrected chi connectivity index (χ4v) is 2.97. The summed E-state index contributed by atoms with van der Waals surface area (Å²) in [7, 11) is -0.983. The summed E-state index contributed by atoms with van der Waals surface area (Å²) in [6.07, 6.45) is 2.04. The lowest BCUT2D eigenvalue weighted by Crippen LogP contribution is -2.27. The Morgan fingerprint density at radius 3 is 2.48 bits per heavy atom. The van der Waals surface area contributed by atoms with Gasteiger partial charge in [0.15, 0.2) is 0 Å². The number of rotatable bonds is 6. The smallest absolute Gasteiger partial charge is 0.222 e. The monoisotopic (exact) mass is 333 g/mol. The molecule has 0 aliphatic carbocycles. The molecule has 0 fully saturated rings. The van der Waals surface area contributed by atoms with E-state index in [9.17, 15) is 9.00 Å². The molecule has 0 spiro atoms. The number of benzene rings is 1. The fourth-order valence-electron chi connectivity index (χ4n) is 2.45. The summed E-state index contributed by atoms with van der Waals surface area (Å²) in [6.45, 7) is 6.45. The molecular formula is C17H23N3O2S. The van der Waals surface area contributed by atoms with E-state index in [2.05, 4.69) is 10.4 Å². The SMILES string of the molecule is Cc1cc(C)n(CCC(=O)N[C@H](C)c2ccc([S@@](C)=O)cc2)n1. The lowest BCUT2D eigenvalue weighted by molar-refractivity contribution is -0.122. The second-order valence-electron chi connectivity index (χ2n) is 5.71. The largest absolute Gasteiger partial charge is 0.350 e. The molecule has 1 aromatic heterocycles. The molecule has 23 heavy (non-hydrogen) atoms. The van der Waals surface area contributed by atoms with E-state index in [0.29, 0.717) is 13.0 Å². The van der Waals surface area contributed by atoms with E-state index in [4.69, 9.17) is 0 Å². The molecule has 0 aliphatic rings. The summed E-state index contributed by atoms with van der Waals surface area (Å²) >= 11 is 0. The highest BCUT2D eigenvalue weighted by molar-refractivity contribution is 7.84. The van der Waals surface area contributed by atoms with E-state index in [-0.39, 0.29) is 11.9 Å². The van der Waals surface area contributed by atoms with Crippen molar-refractivity contribution in [2.75, 3.05) is 6.26 Å². The Morgan fingerprint density at radius 1 is 1.30 bits per heavy atom. The van der Waals surface area contributed by atoms with Gasteiger partial charge in [-0.15, -0.1) is 0 Å². The van der Waals surface area contributed by atoms with Gasteiger partial charge in [-0.25, -0.2) is 0 Å². The van der Waals surface area contributed by atoms with Gasteiger partial charge in [0.1, 0.15) is 0 Å². The van der Waals surface area contributed by atoms with E-state index >= 15 is 0 Å². The van der Waals surface area contributed by atoms with Gasteiger partial charge in [0.05, 0.1) is 11.7 Å². The van der Waals surface area contributed by atoms with Crippen LogP contribution >= 0.6 is 0 Å². The molecule has 2 atom stereocenters. The highest BCUT2D eigenvalue weighted by Gasteiger charge is 2.11. The van der Waals surface area contributed by atoms with Crippen LogP contribution in [0.2, 0.25) is 0 Å². The van der Waals surface area contributed by atoms with Gasteiger partial charge in [-0.05, 0) is 44.5 Å². The number of amides is 1. The zero-order valence-electron chi connectivity index (χ0n) is 14.0. The molecule has 1 N–H and O–H groups in total. The second kappa shape index (κ2) is 7.55. The number of aryl methyl sites for hydroxylation is 3. The van der Waals surface area contributed by atoms with Crippen LogP contribution < -0.4 is 5.32 Å². The van der Waals surface area contributed by atoms with E-state index in [1.165, 1.54) is 0 Å². The third-order valence-corrected chi connectivity index (χ3v) is 4.68. The van der Waals surface area contributed by atoms with Gasteiger partial charge < -0.3 is 5.32 Å². The van der Waals surface area contributed by atoms with Crippen molar-refractivity contribution in [2.24, 2.45) is 0 Å². The fraction of sp³-hybridized carbons (Fsp3) is 0.412. The van der Waals surface area contributed by atoms with Gasteiger partial charge in [-0.1, -0.05) is 12.1 Å². The van der Waals surface area contributed by atoms with Crippen LogP contribution in [-0.4, -0.2) is 26.2 Å². The first-order valence-electron chi connectivity index (χ1n) is 7.60. The molecule has 1 heterocycles. The van der Waals surface area contributed by atoms with Crippen LogP contribution in [0.4, 0.5) is 0 Å². The van der Waals surface area contributed by atoms with Gasteiger partial charge in [0, 0.05) is 40.6 Å². The number of hydrogen-bond acceptors (Lipinski definition) is 3. The van der Waals surface area contributed by atoms with Crippen molar-refractivity contribution in [1.29, 1.82) is 0 Å². The van der Waals surface area contributed by atoms with Gasteiger partial charge in [-0.3, -0.25) is 13.7 Å². The number of nitrogens with one attached hydrogen (secondary N) is 1. The molecule has 2 aromatic rings. The Labute approximate surface area is 139 Å². The topological polar surface area (TPSA) is 64.0 Å². The van der Waals surface area contributed by atoms with Crippen molar-refractivity contribution in [3.8, 4) is 0 Å². The Morgan fingerprint density at radius 2 is 1.96 bits per heavy atom. The predicted octanol–water partition coefficient (Wildman–Crippen LogP) is 2.50. The average molecular weight is 333 g/mol. The molecule has 0 bridgehead atoms. The Kier molecular flexibility index (Phi) is 5.71. The molecule has 1 aromatic carbocycles. The van der Waals surface area contributed by atoms with Crippen LogP contribution in [0, 0.1) is 13.8 Å². The van der Waals surface area contributed by atoms with Crippen molar-refractivity contribution in [2.45, 2.75) is 44.7 Å². The number of carbonyl (C=O) groups is 1. The third kappa shape index (κ3) is 4.76. The molecule has 0 unspecified atom stereocenters. The number of carbonyl (C=O) groups excluding carboxylic acids is 1. The first-order valence-corrected chi connectivity index (χ1v) is 9.16. The van der Waals surface area contributed by atoms with Crippen molar-refractivity contribution in [3.05, 3.63) is 47.3 Å². The normalized spacial score (nSPS) is 13.6. The number of nitrogens with zero attached hydrogens (tertiary/aromatic N) is 2. The summed E-state index contributed by atoms with van der Waals surface area (Å²) in [6, 6.07) is 9.40. The van der Waals surface area contributed by atoms with Crippen molar-refractivity contribution >= 4 is 16.7 Å². The quantitative estimate of drug-likeness (QED) is 0.883. The van der Waals surface area contributed by atoms with E-state index < -0.39 is 10.8 Å². The van der Waals surface area contributed by atoms with Gasteiger partial charge in [0.25, 0.3) is 0 Å². The predicted molar refractivity (Wildman–Crippen MR) is 91.7 cm³/mol. The minimum atomic E-state index is -0.983. The first kappa shape index (κ1) is 17.4. The van der Waals surface area contributed by atoms with Crippen LogP contribution in [0.15, 0.2) is 35.2 Å². The summed E-state index contributed by atoms with van der Waals surface area (Å²) in [5, 5.41) is 7.34. The number of aromatic nitrogens is 2. The molecule has 0 radical (unpaired) electrons. The van der Waals surface area contributed by atoms with E-state index in [1.54, 1.807) is 6.26 Å². The molecule has 0 saturated heterocycles. The summed E-state index contributed by atoms with van der Waals surface area (Å²) < 4.78 is 13.2. The first-order chi connectivity index (χ1) is 10.9. The standard InChI is InChI=1S/C17H23N3O2S/c1-12-11-13(2)20(19-12)10-9-17(21)18-14(3)15-5-7-16(8-6-15)23(4)22/h5-8,11,14H,9-10H2,1-4H3,(H,18,21)/t14-,23-/m1/s1. The number of hydrogen-bond donors (Lipinski definition) is 1. The molecule has 1 amide bonds. The van der Waals surface area contributed by atoms with E-state index in [1.807, 2.05) is 55.8 Å². The summed E-state index contributed by atoms with van der Waals surface area (Å²) in [5.41, 5.74) is 3.02. The van der Waals surface area contributed by atoms with Gasteiger partial charge >= 0.3 is 0 Å².